The smallest absolute Gasteiger partial charge is 0.307 e. The lowest BCUT2D eigenvalue weighted by molar-refractivity contribution is -0.136. The molecule has 0 saturated carbocycles. The van der Waals surface area contributed by atoms with Crippen LogP contribution in [0.1, 0.15) is 33.9 Å². The highest BCUT2D eigenvalue weighted by Gasteiger charge is 2.28. The Morgan fingerprint density at radius 1 is 1.06 bits per heavy atom. The van der Waals surface area contributed by atoms with Crippen LogP contribution in [-0.2, 0) is 24.1 Å². The molecule has 0 saturated heterocycles. The van der Waals surface area contributed by atoms with E-state index in [9.17, 15) is 10.1 Å². The van der Waals surface area contributed by atoms with E-state index in [-0.39, 0.29) is 12.5 Å². The molecular weight excluding hydrogens is 398 g/mol. The van der Waals surface area contributed by atoms with E-state index in [1.54, 1.807) is 0 Å². The Morgan fingerprint density at radius 3 is 2.53 bits per heavy atom. The normalized spacial score (nSPS) is 15.8. The summed E-state index contributed by atoms with van der Waals surface area (Å²) in [6, 6.07) is 26.6. The van der Waals surface area contributed by atoms with Crippen LogP contribution in [0.3, 0.4) is 0 Å². The Morgan fingerprint density at radius 2 is 1.81 bits per heavy atom. The third-order valence-corrected chi connectivity index (χ3v) is 6.10. The van der Waals surface area contributed by atoms with Gasteiger partial charge in [0.15, 0.2) is 0 Å². The molecule has 162 valence electrons. The molecule has 0 spiro atoms. The maximum Gasteiger partial charge on any atom is 0.307 e. The Labute approximate surface area is 188 Å². The molecular formula is C27H27N3O2. The number of fused-ring (bicyclic) bond motifs is 1. The van der Waals surface area contributed by atoms with Crippen molar-refractivity contribution >= 4 is 11.7 Å². The first-order valence-electron chi connectivity index (χ1n) is 11.0. The summed E-state index contributed by atoms with van der Waals surface area (Å²) < 4.78 is 0. The highest BCUT2D eigenvalue weighted by molar-refractivity contribution is 5.70. The van der Waals surface area contributed by atoms with Crippen LogP contribution in [0, 0.1) is 17.2 Å². The van der Waals surface area contributed by atoms with Crippen molar-refractivity contribution in [1.29, 1.82) is 5.26 Å². The maximum atomic E-state index is 10.9. The maximum absolute atomic E-state index is 10.9. The minimum absolute atomic E-state index is 0.0510. The largest absolute Gasteiger partial charge is 0.481 e. The van der Waals surface area contributed by atoms with E-state index >= 15 is 0 Å². The molecule has 2 atom stereocenters. The van der Waals surface area contributed by atoms with Gasteiger partial charge in [0.05, 0.1) is 18.1 Å². The third kappa shape index (κ3) is 5.16. The molecule has 0 bridgehead atoms. The molecule has 0 radical (unpaired) electrons. The van der Waals surface area contributed by atoms with Gasteiger partial charge in [-0.25, -0.2) is 0 Å². The molecule has 32 heavy (non-hydrogen) atoms. The van der Waals surface area contributed by atoms with Crippen LogP contribution in [0.2, 0.25) is 0 Å². The van der Waals surface area contributed by atoms with Crippen molar-refractivity contribution in [3.63, 3.8) is 0 Å². The topological polar surface area (TPSA) is 85.2 Å². The van der Waals surface area contributed by atoms with Crippen molar-refractivity contribution < 1.29 is 9.90 Å². The molecule has 1 aliphatic rings. The Balaban J connectivity index is 1.46. The van der Waals surface area contributed by atoms with Crippen LogP contribution in [0.5, 0.6) is 0 Å². The summed E-state index contributed by atoms with van der Waals surface area (Å²) in [5.41, 5.74) is 6.15. The molecule has 0 aliphatic carbocycles. The van der Waals surface area contributed by atoms with Gasteiger partial charge >= 0.3 is 5.97 Å². The number of hydrogen-bond acceptors (Lipinski definition) is 4. The summed E-state index contributed by atoms with van der Waals surface area (Å²) in [6.07, 6.45) is 1.76. The number of carboxylic acids is 1. The zero-order chi connectivity index (χ0) is 22.3. The molecule has 0 aromatic heterocycles. The quantitative estimate of drug-likeness (QED) is 0.500. The number of benzene rings is 3. The number of anilines is 1. The molecule has 0 amide bonds. The summed E-state index contributed by atoms with van der Waals surface area (Å²) in [7, 11) is 0. The minimum atomic E-state index is -0.813. The molecule has 4 rings (SSSR count). The summed E-state index contributed by atoms with van der Waals surface area (Å²) in [5.74, 6) is -0.496. The van der Waals surface area contributed by atoms with E-state index in [1.807, 2.05) is 48.5 Å². The fourth-order valence-corrected chi connectivity index (χ4v) is 4.48. The predicted molar refractivity (Wildman–Crippen MR) is 126 cm³/mol. The first-order valence-corrected chi connectivity index (χ1v) is 11.0. The van der Waals surface area contributed by atoms with E-state index in [0.717, 1.165) is 48.3 Å². The van der Waals surface area contributed by atoms with Crippen LogP contribution in [0.25, 0.3) is 0 Å². The second-order valence-corrected chi connectivity index (χ2v) is 8.27. The van der Waals surface area contributed by atoms with E-state index in [0.29, 0.717) is 5.92 Å². The van der Waals surface area contributed by atoms with Crippen molar-refractivity contribution in [2.24, 2.45) is 5.92 Å². The number of nitrogens with zero attached hydrogens (tertiary/aromatic N) is 1. The lowest BCUT2D eigenvalue weighted by Crippen LogP contribution is -2.37. The monoisotopic (exact) mass is 425 g/mol. The molecule has 5 nitrogen and oxygen atoms in total. The second-order valence-electron chi connectivity index (χ2n) is 8.27. The minimum Gasteiger partial charge on any atom is -0.481 e. The van der Waals surface area contributed by atoms with Gasteiger partial charge in [-0.05, 0) is 59.7 Å². The fraction of sp³-hybridized carbons (Fsp3) is 0.259. The highest BCUT2D eigenvalue weighted by atomic mass is 16.4. The van der Waals surface area contributed by atoms with Crippen molar-refractivity contribution in [2.75, 3.05) is 18.4 Å². The molecule has 0 fully saturated rings. The Hall–Kier alpha value is -3.62. The first-order chi connectivity index (χ1) is 15.6. The standard InChI is InChI=1S/C27H27N3O2/c28-17-22-7-4-8-25-24(22)16-23(18-30-25)27(21-5-2-1-3-6-21)29-14-13-19-9-11-20(12-10-19)15-26(31)32/h1-12,23,27,29-30H,13-16,18H2,(H,31,32)/t23-,27-/m1/s1. The molecule has 3 aromatic rings. The van der Waals surface area contributed by atoms with Gasteiger partial charge in [-0.1, -0.05) is 60.7 Å². The van der Waals surface area contributed by atoms with Crippen LogP contribution in [-0.4, -0.2) is 24.2 Å². The molecule has 1 heterocycles. The summed E-state index contributed by atoms with van der Waals surface area (Å²) >= 11 is 0. The van der Waals surface area contributed by atoms with E-state index < -0.39 is 5.97 Å². The van der Waals surface area contributed by atoms with Gasteiger partial charge in [0.2, 0.25) is 0 Å². The number of aliphatic carboxylic acids is 1. The van der Waals surface area contributed by atoms with Crippen molar-refractivity contribution in [1.82, 2.24) is 5.32 Å². The molecule has 3 aromatic carbocycles. The van der Waals surface area contributed by atoms with Gasteiger partial charge in [-0.15, -0.1) is 0 Å². The van der Waals surface area contributed by atoms with Crippen LogP contribution in [0.15, 0.2) is 72.8 Å². The Kier molecular flexibility index (Phi) is 6.84. The molecule has 1 aliphatic heterocycles. The average Bonchev–Trinajstić information content (AvgIpc) is 2.82. The lowest BCUT2D eigenvalue weighted by Gasteiger charge is -2.34. The van der Waals surface area contributed by atoms with Gasteiger partial charge in [0.25, 0.3) is 0 Å². The second kappa shape index (κ2) is 10.1. The molecule has 0 unspecified atom stereocenters. The predicted octanol–water partition coefficient (Wildman–Crippen LogP) is 4.34. The summed E-state index contributed by atoms with van der Waals surface area (Å²) in [4.78, 5) is 10.9. The van der Waals surface area contributed by atoms with Crippen molar-refractivity contribution in [3.05, 3.63) is 101 Å². The van der Waals surface area contributed by atoms with E-state index in [1.165, 1.54) is 11.1 Å². The summed E-state index contributed by atoms with van der Waals surface area (Å²) in [5, 5.41) is 25.8. The van der Waals surface area contributed by atoms with Crippen LogP contribution in [0.4, 0.5) is 5.69 Å². The first kappa shape index (κ1) is 21.6. The van der Waals surface area contributed by atoms with E-state index in [4.69, 9.17) is 5.11 Å². The summed E-state index contributed by atoms with van der Waals surface area (Å²) in [6.45, 7) is 1.65. The van der Waals surface area contributed by atoms with Gasteiger partial charge in [-0.3, -0.25) is 4.79 Å². The zero-order valence-electron chi connectivity index (χ0n) is 17.9. The Bertz CT molecular complexity index is 1100. The highest BCUT2D eigenvalue weighted by Crippen LogP contribution is 2.34. The third-order valence-electron chi connectivity index (χ3n) is 6.10. The molecule has 3 N–H and O–H groups in total. The number of carbonyl (C=O) groups is 1. The average molecular weight is 426 g/mol. The van der Waals surface area contributed by atoms with Gasteiger partial charge in [-0.2, -0.15) is 5.26 Å². The van der Waals surface area contributed by atoms with Gasteiger partial charge in [0, 0.05) is 18.3 Å². The van der Waals surface area contributed by atoms with Crippen molar-refractivity contribution in [3.8, 4) is 6.07 Å². The lowest BCUT2D eigenvalue weighted by atomic mass is 9.83. The molecule has 5 heteroatoms. The van der Waals surface area contributed by atoms with Crippen LogP contribution < -0.4 is 10.6 Å². The number of nitrogens with one attached hydrogen (secondary N) is 2. The number of carboxylic acid groups (broad SMARTS) is 1. The number of hydrogen-bond donors (Lipinski definition) is 3. The van der Waals surface area contributed by atoms with Gasteiger partial charge in [0.1, 0.15) is 0 Å². The fourth-order valence-electron chi connectivity index (χ4n) is 4.48. The number of nitriles is 1. The van der Waals surface area contributed by atoms with Crippen LogP contribution >= 0.6 is 0 Å². The van der Waals surface area contributed by atoms with Gasteiger partial charge < -0.3 is 15.7 Å². The SMILES string of the molecule is N#Cc1cccc2c1C[C@@H]([C@H](NCCc1ccc(CC(=O)O)cc1)c1ccccc1)CN2. The zero-order valence-corrected chi connectivity index (χ0v) is 17.9. The number of rotatable bonds is 8. The van der Waals surface area contributed by atoms with E-state index in [2.05, 4.69) is 41.0 Å². The van der Waals surface area contributed by atoms with Crippen molar-refractivity contribution in [2.45, 2.75) is 25.3 Å².